The summed E-state index contributed by atoms with van der Waals surface area (Å²) in [6.45, 7) is 0. The van der Waals surface area contributed by atoms with Crippen LogP contribution in [0.2, 0.25) is 5.02 Å². The van der Waals surface area contributed by atoms with Crippen LogP contribution in [0.4, 0.5) is 0 Å². The minimum Gasteiger partial charge on any atom is -0.456 e. The van der Waals surface area contributed by atoms with Crippen LogP contribution >= 0.6 is 11.6 Å². The number of benzene rings is 3. The average molecular weight is 319 g/mol. The molecule has 110 valence electrons. The Morgan fingerprint density at radius 3 is 2.57 bits per heavy atom. The maximum atomic E-state index is 6.06. The van der Waals surface area contributed by atoms with Gasteiger partial charge in [0.25, 0.3) is 0 Å². The number of aromatic nitrogens is 2. The van der Waals surface area contributed by atoms with Crippen LogP contribution in [0, 0.1) is 0 Å². The first-order valence-corrected chi connectivity index (χ1v) is 7.72. The molecule has 3 nitrogen and oxygen atoms in total. The highest BCUT2D eigenvalue weighted by Crippen LogP contribution is 2.33. The Labute approximate surface area is 136 Å². The average Bonchev–Trinajstić information content (AvgIpc) is 3.13. The highest BCUT2D eigenvalue weighted by Gasteiger charge is 2.12. The molecule has 0 atom stereocenters. The van der Waals surface area contributed by atoms with Gasteiger partial charge in [0.1, 0.15) is 17.5 Å². The Bertz CT molecular complexity index is 1170. The van der Waals surface area contributed by atoms with Gasteiger partial charge >= 0.3 is 0 Å². The second kappa shape index (κ2) is 4.61. The Morgan fingerprint density at radius 1 is 0.870 bits per heavy atom. The van der Waals surface area contributed by atoms with E-state index < -0.39 is 0 Å². The van der Waals surface area contributed by atoms with Crippen molar-refractivity contribution in [1.82, 2.24) is 9.55 Å². The number of para-hydroxylation sites is 1. The van der Waals surface area contributed by atoms with Crippen molar-refractivity contribution in [2.24, 2.45) is 0 Å². The van der Waals surface area contributed by atoms with Crippen molar-refractivity contribution < 1.29 is 4.42 Å². The zero-order valence-corrected chi connectivity index (χ0v) is 12.8. The second-order valence-corrected chi connectivity index (χ2v) is 5.97. The molecule has 0 aliphatic heterocycles. The number of rotatable bonds is 1. The molecule has 5 rings (SSSR count). The van der Waals surface area contributed by atoms with E-state index in [1.165, 1.54) is 0 Å². The molecule has 0 radical (unpaired) electrons. The third-order valence-electron chi connectivity index (χ3n) is 4.14. The molecule has 2 aromatic heterocycles. The molecule has 0 aliphatic carbocycles. The van der Waals surface area contributed by atoms with Crippen LogP contribution in [0.3, 0.4) is 0 Å². The molecule has 3 aromatic carbocycles. The highest BCUT2D eigenvalue weighted by atomic mass is 35.5. The quantitative estimate of drug-likeness (QED) is 0.404. The fourth-order valence-electron chi connectivity index (χ4n) is 3.05. The van der Waals surface area contributed by atoms with Crippen LogP contribution in [0.25, 0.3) is 38.7 Å². The molecule has 0 spiro atoms. The van der Waals surface area contributed by atoms with Crippen molar-refractivity contribution in [1.29, 1.82) is 0 Å². The normalized spacial score (nSPS) is 11.7. The summed E-state index contributed by atoms with van der Waals surface area (Å²) < 4.78 is 8.01. The van der Waals surface area contributed by atoms with E-state index in [2.05, 4.69) is 27.8 Å². The summed E-state index contributed by atoms with van der Waals surface area (Å²) in [7, 11) is 0. The number of furan rings is 1. The molecule has 0 bridgehead atoms. The van der Waals surface area contributed by atoms with Gasteiger partial charge in [-0.05, 0) is 30.3 Å². The van der Waals surface area contributed by atoms with Crippen molar-refractivity contribution in [2.75, 3.05) is 0 Å². The zero-order valence-electron chi connectivity index (χ0n) is 12.0. The predicted octanol–water partition coefficient (Wildman–Crippen LogP) is 5.58. The van der Waals surface area contributed by atoms with Gasteiger partial charge in [0.2, 0.25) is 0 Å². The summed E-state index contributed by atoms with van der Waals surface area (Å²) >= 11 is 6.06. The standard InChI is InChI=1S/C19H11ClN2O/c20-12-6-7-14-15-9-17-16(10-19(15)23-18(14)8-12)21-11-22(17)13-4-2-1-3-5-13/h1-11H. The molecule has 0 saturated carbocycles. The summed E-state index contributed by atoms with van der Waals surface area (Å²) in [6.07, 6.45) is 1.85. The minimum atomic E-state index is 0.674. The maximum absolute atomic E-state index is 6.06. The number of hydrogen-bond acceptors (Lipinski definition) is 2. The first-order chi connectivity index (χ1) is 11.3. The van der Waals surface area contributed by atoms with Crippen molar-refractivity contribution in [2.45, 2.75) is 0 Å². The van der Waals surface area contributed by atoms with Gasteiger partial charge < -0.3 is 4.42 Å². The molecule has 0 fully saturated rings. The van der Waals surface area contributed by atoms with Crippen molar-refractivity contribution in [3.63, 3.8) is 0 Å². The van der Waals surface area contributed by atoms with Gasteiger partial charge in [-0.3, -0.25) is 4.57 Å². The number of imidazole rings is 1. The van der Waals surface area contributed by atoms with Gasteiger partial charge in [-0.25, -0.2) is 4.98 Å². The summed E-state index contributed by atoms with van der Waals surface area (Å²) in [5, 5.41) is 2.81. The topological polar surface area (TPSA) is 31.0 Å². The van der Waals surface area contributed by atoms with E-state index in [4.69, 9.17) is 16.0 Å². The molecule has 5 aromatic rings. The summed E-state index contributed by atoms with van der Waals surface area (Å²) in [4.78, 5) is 4.51. The smallest absolute Gasteiger partial charge is 0.137 e. The van der Waals surface area contributed by atoms with Crippen LogP contribution in [0.1, 0.15) is 0 Å². The fourth-order valence-corrected chi connectivity index (χ4v) is 3.21. The van der Waals surface area contributed by atoms with Crippen LogP contribution < -0.4 is 0 Å². The highest BCUT2D eigenvalue weighted by molar-refractivity contribution is 6.31. The Kier molecular flexibility index (Phi) is 2.55. The van der Waals surface area contributed by atoms with Crippen molar-refractivity contribution in [3.05, 3.63) is 72.0 Å². The van der Waals surface area contributed by atoms with E-state index in [1.807, 2.05) is 48.8 Å². The molecular formula is C19H11ClN2O. The van der Waals surface area contributed by atoms with Gasteiger partial charge in [-0.1, -0.05) is 29.8 Å². The molecule has 0 saturated heterocycles. The van der Waals surface area contributed by atoms with Crippen LogP contribution in [-0.4, -0.2) is 9.55 Å². The lowest BCUT2D eigenvalue weighted by Gasteiger charge is -2.03. The Hall–Kier alpha value is -2.78. The molecular weight excluding hydrogens is 308 g/mol. The van der Waals surface area contributed by atoms with E-state index in [-0.39, 0.29) is 0 Å². The number of hydrogen-bond donors (Lipinski definition) is 0. The first kappa shape index (κ1) is 12.7. The molecule has 0 N–H and O–H groups in total. The summed E-state index contributed by atoms with van der Waals surface area (Å²) in [5.74, 6) is 0. The molecule has 0 aliphatic rings. The third kappa shape index (κ3) is 1.87. The van der Waals surface area contributed by atoms with Gasteiger partial charge in [-0.2, -0.15) is 0 Å². The lowest BCUT2D eigenvalue weighted by atomic mass is 10.1. The van der Waals surface area contributed by atoms with E-state index in [1.54, 1.807) is 0 Å². The van der Waals surface area contributed by atoms with Gasteiger partial charge in [0.15, 0.2) is 0 Å². The van der Waals surface area contributed by atoms with E-state index in [0.29, 0.717) is 5.02 Å². The molecule has 4 heteroatoms. The van der Waals surface area contributed by atoms with Crippen LogP contribution in [0.15, 0.2) is 71.4 Å². The van der Waals surface area contributed by atoms with Crippen molar-refractivity contribution in [3.8, 4) is 5.69 Å². The SMILES string of the molecule is Clc1ccc2c(c1)oc1cc3ncn(-c4ccccc4)c3cc12. The number of nitrogens with zero attached hydrogens (tertiary/aromatic N) is 2. The third-order valence-corrected chi connectivity index (χ3v) is 4.37. The largest absolute Gasteiger partial charge is 0.456 e. The van der Waals surface area contributed by atoms with Crippen LogP contribution in [-0.2, 0) is 0 Å². The van der Waals surface area contributed by atoms with Gasteiger partial charge in [0.05, 0.1) is 11.0 Å². The van der Waals surface area contributed by atoms with Gasteiger partial charge in [-0.15, -0.1) is 0 Å². The van der Waals surface area contributed by atoms with Crippen molar-refractivity contribution >= 4 is 44.6 Å². The maximum Gasteiger partial charge on any atom is 0.137 e. The first-order valence-electron chi connectivity index (χ1n) is 7.34. The van der Waals surface area contributed by atoms with E-state index >= 15 is 0 Å². The van der Waals surface area contributed by atoms with E-state index in [0.717, 1.165) is 38.7 Å². The Morgan fingerprint density at radius 2 is 1.70 bits per heavy atom. The minimum absolute atomic E-state index is 0.674. The summed E-state index contributed by atoms with van der Waals surface area (Å²) in [5.41, 5.74) is 4.68. The number of fused-ring (bicyclic) bond motifs is 4. The van der Waals surface area contributed by atoms with Gasteiger partial charge in [0, 0.05) is 33.6 Å². The molecule has 23 heavy (non-hydrogen) atoms. The second-order valence-electron chi connectivity index (χ2n) is 5.53. The van der Waals surface area contributed by atoms with Crippen LogP contribution in [0.5, 0.6) is 0 Å². The molecule has 0 unspecified atom stereocenters. The Balaban J connectivity index is 1.87. The van der Waals surface area contributed by atoms with E-state index in [9.17, 15) is 0 Å². The molecule has 2 heterocycles. The monoisotopic (exact) mass is 318 g/mol. The summed E-state index contributed by atoms with van der Waals surface area (Å²) in [6, 6.07) is 20.0. The zero-order chi connectivity index (χ0) is 15.4. The lowest BCUT2D eigenvalue weighted by molar-refractivity contribution is 0.669. The number of halogens is 1. The molecule has 0 amide bonds. The fraction of sp³-hybridized carbons (Fsp3) is 0. The lowest BCUT2D eigenvalue weighted by Crippen LogP contribution is -1.90. The predicted molar refractivity (Wildman–Crippen MR) is 93.4 cm³/mol.